The number of urea groups is 1. The normalized spacial score (nSPS) is 21.1. The second kappa shape index (κ2) is 6.58. The minimum atomic E-state index is -0.883. The van der Waals surface area contributed by atoms with Crippen LogP contribution in [0, 0.1) is 0 Å². The monoisotopic (exact) mass is 310 g/mol. The van der Waals surface area contributed by atoms with E-state index < -0.39 is 10.8 Å². The summed E-state index contributed by atoms with van der Waals surface area (Å²) in [5, 5.41) is 2.93. The number of hydrogen-bond donors (Lipinski definition) is 1. The quantitative estimate of drug-likeness (QED) is 0.931. The Morgan fingerprint density at radius 3 is 2.81 bits per heavy atom. The summed E-state index contributed by atoms with van der Waals surface area (Å²) < 4.78 is 16.7. The Morgan fingerprint density at radius 2 is 2.14 bits per heavy atom. The molecule has 1 aliphatic heterocycles. The van der Waals surface area contributed by atoms with Gasteiger partial charge in [0.15, 0.2) is 0 Å². The first-order valence-electron chi connectivity index (χ1n) is 6.95. The number of carbonyl (C=O) groups is 1. The molecule has 1 aromatic rings. The lowest BCUT2D eigenvalue weighted by molar-refractivity contribution is 0.185. The van der Waals surface area contributed by atoms with E-state index in [9.17, 15) is 9.00 Å². The number of rotatable bonds is 3. The molecule has 0 bridgehead atoms. The molecule has 0 saturated carbocycles. The molecule has 1 fully saturated rings. The Hall–Kier alpha value is -1.40. The van der Waals surface area contributed by atoms with Crippen molar-refractivity contribution in [3.63, 3.8) is 0 Å². The van der Waals surface area contributed by atoms with Gasteiger partial charge in [0, 0.05) is 48.0 Å². The predicted molar refractivity (Wildman–Crippen MR) is 84.8 cm³/mol. The Bertz CT molecular complexity index is 545. The Balaban J connectivity index is 2.07. The van der Waals surface area contributed by atoms with Crippen LogP contribution in [0.2, 0.25) is 0 Å². The van der Waals surface area contributed by atoms with Gasteiger partial charge in [-0.15, -0.1) is 0 Å². The molecule has 0 radical (unpaired) electrons. The standard InChI is InChI=1S/C15H22N2O3S/c1-15(2)11-17(8-9-21(15)19)14(18)16-13-7-5-4-6-12(13)10-20-3/h4-7H,8-11H2,1-3H3,(H,16,18)/t21-/m0/s1. The van der Waals surface area contributed by atoms with Crippen molar-refractivity contribution in [2.24, 2.45) is 0 Å². The summed E-state index contributed by atoms with van der Waals surface area (Å²) in [7, 11) is 0.743. The van der Waals surface area contributed by atoms with Crippen molar-refractivity contribution in [1.82, 2.24) is 4.90 Å². The molecule has 5 nitrogen and oxygen atoms in total. The summed E-state index contributed by atoms with van der Waals surface area (Å²) in [5.74, 6) is 0.528. The molecule has 2 rings (SSSR count). The average molecular weight is 310 g/mol. The molecular weight excluding hydrogens is 288 g/mol. The summed E-state index contributed by atoms with van der Waals surface area (Å²) in [5.41, 5.74) is 1.70. The van der Waals surface area contributed by atoms with E-state index in [1.54, 1.807) is 12.0 Å². The first-order valence-corrected chi connectivity index (χ1v) is 8.27. The van der Waals surface area contributed by atoms with Crippen LogP contribution in [0.15, 0.2) is 24.3 Å². The summed E-state index contributed by atoms with van der Waals surface area (Å²) in [6.07, 6.45) is 0. The molecule has 6 heteroatoms. The van der Waals surface area contributed by atoms with Gasteiger partial charge < -0.3 is 15.0 Å². The van der Waals surface area contributed by atoms with Gasteiger partial charge in [0.1, 0.15) is 0 Å². The fourth-order valence-corrected chi connectivity index (χ4v) is 3.61. The van der Waals surface area contributed by atoms with Crippen LogP contribution in [0.3, 0.4) is 0 Å². The number of ether oxygens (including phenoxy) is 1. The van der Waals surface area contributed by atoms with Crippen molar-refractivity contribution in [1.29, 1.82) is 0 Å². The van der Waals surface area contributed by atoms with E-state index in [1.165, 1.54) is 0 Å². The highest BCUT2D eigenvalue weighted by Crippen LogP contribution is 2.22. The molecule has 0 unspecified atom stereocenters. The maximum atomic E-state index is 12.4. The predicted octanol–water partition coefficient (Wildman–Crippen LogP) is 2.21. The van der Waals surface area contributed by atoms with E-state index in [-0.39, 0.29) is 10.8 Å². The summed E-state index contributed by atoms with van der Waals surface area (Å²) in [4.78, 5) is 14.1. The second-order valence-corrected chi connectivity index (χ2v) is 7.96. The Labute approximate surface area is 128 Å². The zero-order valence-electron chi connectivity index (χ0n) is 12.7. The molecule has 116 valence electrons. The highest BCUT2D eigenvalue weighted by atomic mass is 32.2. The smallest absolute Gasteiger partial charge is 0.321 e. The van der Waals surface area contributed by atoms with E-state index in [1.807, 2.05) is 38.1 Å². The maximum absolute atomic E-state index is 12.4. The molecule has 1 heterocycles. The van der Waals surface area contributed by atoms with Crippen molar-refractivity contribution in [2.75, 3.05) is 31.3 Å². The van der Waals surface area contributed by atoms with Crippen LogP contribution in [-0.4, -0.2) is 45.8 Å². The Kier molecular flexibility index (Phi) is 5.00. The van der Waals surface area contributed by atoms with Crippen molar-refractivity contribution >= 4 is 22.5 Å². The van der Waals surface area contributed by atoms with E-state index in [2.05, 4.69) is 5.32 Å². The second-order valence-electron chi connectivity index (χ2n) is 5.75. The molecule has 0 aromatic heterocycles. The summed E-state index contributed by atoms with van der Waals surface area (Å²) in [6.45, 7) is 5.33. The largest absolute Gasteiger partial charge is 0.380 e. The molecule has 0 aliphatic carbocycles. The summed E-state index contributed by atoms with van der Waals surface area (Å²) in [6, 6.07) is 7.43. The van der Waals surface area contributed by atoms with E-state index in [0.29, 0.717) is 25.4 Å². The van der Waals surface area contributed by atoms with Crippen LogP contribution >= 0.6 is 0 Å². The lowest BCUT2D eigenvalue weighted by Crippen LogP contribution is -2.53. The number of hydrogen-bond acceptors (Lipinski definition) is 3. The average Bonchev–Trinajstić information content (AvgIpc) is 2.44. The number of para-hydroxylation sites is 1. The van der Waals surface area contributed by atoms with Crippen molar-refractivity contribution in [2.45, 2.75) is 25.2 Å². The molecule has 2 amide bonds. The molecule has 1 saturated heterocycles. The first-order chi connectivity index (χ1) is 9.94. The van der Waals surface area contributed by atoms with Gasteiger partial charge in [0.25, 0.3) is 0 Å². The number of carbonyl (C=O) groups excluding carboxylic acids is 1. The number of benzene rings is 1. The summed E-state index contributed by atoms with van der Waals surface area (Å²) >= 11 is 0. The van der Waals surface area contributed by atoms with Gasteiger partial charge in [-0.25, -0.2) is 4.79 Å². The SMILES string of the molecule is COCc1ccccc1NC(=O)N1CC[S@](=O)C(C)(C)C1. The maximum Gasteiger partial charge on any atom is 0.321 e. The van der Waals surface area contributed by atoms with E-state index in [0.717, 1.165) is 11.3 Å². The molecule has 21 heavy (non-hydrogen) atoms. The molecule has 1 N–H and O–H groups in total. The van der Waals surface area contributed by atoms with Gasteiger partial charge in [0.05, 0.1) is 11.4 Å². The highest BCUT2D eigenvalue weighted by molar-refractivity contribution is 7.86. The molecule has 0 spiro atoms. The van der Waals surface area contributed by atoms with E-state index >= 15 is 0 Å². The van der Waals surface area contributed by atoms with Crippen LogP contribution < -0.4 is 5.32 Å². The van der Waals surface area contributed by atoms with Crippen LogP contribution in [-0.2, 0) is 22.1 Å². The highest BCUT2D eigenvalue weighted by Gasteiger charge is 2.35. The third-order valence-corrected chi connectivity index (χ3v) is 5.50. The number of anilines is 1. The Morgan fingerprint density at radius 1 is 1.43 bits per heavy atom. The third-order valence-electron chi connectivity index (χ3n) is 3.58. The zero-order valence-corrected chi connectivity index (χ0v) is 13.5. The molecule has 1 aromatic carbocycles. The van der Waals surface area contributed by atoms with Gasteiger partial charge in [-0.2, -0.15) is 0 Å². The molecule has 1 aliphatic rings. The van der Waals surface area contributed by atoms with Crippen LogP contribution in [0.5, 0.6) is 0 Å². The molecule has 1 atom stereocenters. The number of methoxy groups -OCH3 is 1. The third kappa shape index (κ3) is 3.83. The van der Waals surface area contributed by atoms with Crippen LogP contribution in [0.1, 0.15) is 19.4 Å². The van der Waals surface area contributed by atoms with Crippen molar-refractivity contribution in [3.8, 4) is 0 Å². The topological polar surface area (TPSA) is 58.6 Å². The van der Waals surface area contributed by atoms with Gasteiger partial charge in [-0.1, -0.05) is 18.2 Å². The fraction of sp³-hybridized carbons (Fsp3) is 0.533. The lowest BCUT2D eigenvalue weighted by atomic mass is 10.2. The minimum Gasteiger partial charge on any atom is -0.380 e. The van der Waals surface area contributed by atoms with Crippen molar-refractivity contribution in [3.05, 3.63) is 29.8 Å². The van der Waals surface area contributed by atoms with Gasteiger partial charge in [-0.3, -0.25) is 4.21 Å². The van der Waals surface area contributed by atoms with Crippen LogP contribution in [0.4, 0.5) is 10.5 Å². The van der Waals surface area contributed by atoms with Crippen LogP contribution in [0.25, 0.3) is 0 Å². The lowest BCUT2D eigenvalue weighted by Gasteiger charge is -2.37. The van der Waals surface area contributed by atoms with Gasteiger partial charge >= 0.3 is 6.03 Å². The number of nitrogens with one attached hydrogen (secondary N) is 1. The van der Waals surface area contributed by atoms with Gasteiger partial charge in [0.2, 0.25) is 0 Å². The first kappa shape index (κ1) is 16.0. The van der Waals surface area contributed by atoms with E-state index in [4.69, 9.17) is 4.74 Å². The minimum absolute atomic E-state index is 0.150. The number of amides is 2. The van der Waals surface area contributed by atoms with Gasteiger partial charge in [-0.05, 0) is 19.9 Å². The van der Waals surface area contributed by atoms with Crippen molar-refractivity contribution < 1.29 is 13.7 Å². The molecular formula is C15H22N2O3S. The zero-order chi connectivity index (χ0) is 15.5. The fourth-order valence-electron chi connectivity index (χ4n) is 2.37. The number of nitrogens with zero attached hydrogens (tertiary/aromatic N) is 1.